The number of ether oxygens (including phenoxy) is 1. The van der Waals surface area contributed by atoms with Gasteiger partial charge in [-0.2, -0.15) is 0 Å². The zero-order chi connectivity index (χ0) is 27.1. The van der Waals surface area contributed by atoms with Crippen molar-refractivity contribution in [1.29, 1.82) is 0 Å². The zero-order valence-corrected chi connectivity index (χ0v) is 22.3. The number of rotatable bonds is 6. The molecule has 2 aromatic heterocycles. The lowest BCUT2D eigenvalue weighted by molar-refractivity contribution is -0.384. The van der Waals surface area contributed by atoms with Gasteiger partial charge in [-0.1, -0.05) is 17.7 Å². The molecule has 0 amide bonds. The number of phenols is 1. The van der Waals surface area contributed by atoms with Gasteiger partial charge >= 0.3 is 0 Å². The maximum atomic E-state index is 11.5. The maximum absolute atomic E-state index is 11.5. The molecule has 0 spiro atoms. The number of nitro groups is 1. The summed E-state index contributed by atoms with van der Waals surface area (Å²) in [5.41, 5.74) is 4.27. The van der Waals surface area contributed by atoms with Crippen LogP contribution in [0.1, 0.15) is 34.7 Å². The average Bonchev–Trinajstić information content (AvgIpc) is 3.40. The number of methoxy groups -OCH3 is 1. The quantitative estimate of drug-likeness (QED) is 0.173. The number of hydrogen-bond donors (Lipinski definition) is 2. The molecule has 0 aliphatic carbocycles. The van der Waals surface area contributed by atoms with E-state index in [1.807, 2.05) is 47.6 Å². The highest BCUT2D eigenvalue weighted by Gasteiger charge is 2.43. The number of nitrogens with one attached hydrogen (secondary N) is 1. The molecule has 2 N–H and O–H groups in total. The van der Waals surface area contributed by atoms with E-state index in [0.717, 1.165) is 22.6 Å². The minimum absolute atomic E-state index is 0.0272. The monoisotopic (exact) mass is 549 g/mol. The molecule has 2 aromatic carbocycles. The summed E-state index contributed by atoms with van der Waals surface area (Å²) in [5, 5.41) is 26.6. The van der Waals surface area contributed by atoms with E-state index in [-0.39, 0.29) is 17.5 Å². The highest BCUT2D eigenvalue weighted by molar-refractivity contribution is 7.80. The van der Waals surface area contributed by atoms with Gasteiger partial charge in [-0.15, -0.1) is 0 Å². The number of halogens is 1. The van der Waals surface area contributed by atoms with Crippen molar-refractivity contribution in [3.63, 3.8) is 0 Å². The van der Waals surface area contributed by atoms with Gasteiger partial charge in [-0.25, -0.2) is 0 Å². The fourth-order valence-corrected chi connectivity index (χ4v) is 5.55. The highest BCUT2D eigenvalue weighted by atomic mass is 35.5. The molecule has 194 valence electrons. The Labute approximate surface area is 229 Å². The zero-order valence-electron chi connectivity index (χ0n) is 20.8. The van der Waals surface area contributed by atoms with Crippen molar-refractivity contribution in [1.82, 2.24) is 14.9 Å². The summed E-state index contributed by atoms with van der Waals surface area (Å²) < 4.78 is 7.49. The second-order valence-electron chi connectivity index (χ2n) is 8.90. The summed E-state index contributed by atoms with van der Waals surface area (Å²) in [6, 6.07) is 16.2. The first-order valence-corrected chi connectivity index (χ1v) is 12.5. The van der Waals surface area contributed by atoms with E-state index in [2.05, 4.69) is 10.3 Å². The summed E-state index contributed by atoms with van der Waals surface area (Å²) in [4.78, 5) is 17.5. The molecule has 0 bridgehead atoms. The third kappa shape index (κ3) is 4.31. The van der Waals surface area contributed by atoms with Crippen molar-refractivity contribution in [2.24, 2.45) is 0 Å². The van der Waals surface area contributed by atoms with E-state index in [1.54, 1.807) is 24.4 Å². The second-order valence-corrected chi connectivity index (χ2v) is 9.73. The normalized spacial score (nSPS) is 16.9. The summed E-state index contributed by atoms with van der Waals surface area (Å²) in [7, 11) is 1.53. The molecule has 4 aromatic rings. The molecular formula is C27H24ClN5O4S. The van der Waals surface area contributed by atoms with Crippen molar-refractivity contribution in [2.75, 3.05) is 12.0 Å². The number of hydrogen-bond acceptors (Lipinski definition) is 6. The van der Waals surface area contributed by atoms with E-state index in [1.165, 1.54) is 25.3 Å². The molecule has 1 saturated heterocycles. The number of aromatic hydroxyl groups is 1. The Morgan fingerprint density at radius 3 is 2.61 bits per heavy atom. The summed E-state index contributed by atoms with van der Waals surface area (Å²) in [6.07, 6.45) is 1.72. The van der Waals surface area contributed by atoms with Crippen molar-refractivity contribution in [3.05, 3.63) is 105 Å². The fourth-order valence-electron chi connectivity index (χ4n) is 5.04. The summed E-state index contributed by atoms with van der Waals surface area (Å²) in [6.45, 7) is 3.86. The standard InChI is InChI=1S/C27H24ClN5O4S/c1-15-12-19(16(2)31(15)22-14-18(33(35)36)8-10-24(22)37-3)26-25(20-6-4-5-11-29-20)30-27(38)32(26)21-13-17(28)7-9-23(21)34/h4-14,25-26,34H,1-3H3,(H,30,38)/t25-,26-/m1/s1. The summed E-state index contributed by atoms with van der Waals surface area (Å²) >= 11 is 12.1. The Morgan fingerprint density at radius 1 is 1.13 bits per heavy atom. The van der Waals surface area contributed by atoms with Crippen molar-refractivity contribution >= 4 is 40.3 Å². The van der Waals surface area contributed by atoms with Crippen LogP contribution in [0.15, 0.2) is 66.9 Å². The number of aryl methyl sites for hydroxylation is 1. The average molecular weight is 550 g/mol. The van der Waals surface area contributed by atoms with Crippen LogP contribution in [0.5, 0.6) is 11.5 Å². The van der Waals surface area contributed by atoms with Gasteiger partial charge in [-0.3, -0.25) is 15.1 Å². The van der Waals surface area contributed by atoms with Crippen LogP contribution in [-0.4, -0.2) is 31.8 Å². The first-order valence-electron chi connectivity index (χ1n) is 11.7. The van der Waals surface area contributed by atoms with Crippen LogP contribution >= 0.6 is 23.8 Å². The number of aromatic nitrogens is 2. The third-order valence-corrected chi connectivity index (χ3v) is 7.25. The molecule has 3 heterocycles. The molecular weight excluding hydrogens is 526 g/mol. The lowest BCUT2D eigenvalue weighted by Crippen LogP contribution is -2.29. The topological polar surface area (TPSA) is 106 Å². The Morgan fingerprint density at radius 2 is 1.92 bits per heavy atom. The van der Waals surface area contributed by atoms with E-state index in [9.17, 15) is 15.2 Å². The molecule has 0 saturated carbocycles. The molecule has 5 rings (SSSR count). The molecule has 2 atom stereocenters. The molecule has 1 fully saturated rings. The van der Waals surface area contributed by atoms with E-state index in [0.29, 0.717) is 27.3 Å². The lowest BCUT2D eigenvalue weighted by Gasteiger charge is -2.29. The second kappa shape index (κ2) is 9.96. The lowest BCUT2D eigenvalue weighted by atomic mass is 9.96. The van der Waals surface area contributed by atoms with Crippen LogP contribution < -0.4 is 15.0 Å². The van der Waals surface area contributed by atoms with Crippen LogP contribution in [0.2, 0.25) is 5.02 Å². The van der Waals surface area contributed by atoms with Gasteiger partial charge in [0, 0.05) is 34.7 Å². The molecule has 1 aliphatic rings. The molecule has 11 heteroatoms. The van der Waals surface area contributed by atoms with Crippen LogP contribution in [0.4, 0.5) is 11.4 Å². The van der Waals surface area contributed by atoms with Crippen LogP contribution in [0, 0.1) is 24.0 Å². The Hall–Kier alpha value is -4.15. The number of nitrogens with zero attached hydrogens (tertiary/aromatic N) is 4. The van der Waals surface area contributed by atoms with Gasteiger partial charge < -0.3 is 24.6 Å². The van der Waals surface area contributed by atoms with Gasteiger partial charge in [0.25, 0.3) is 5.69 Å². The van der Waals surface area contributed by atoms with Gasteiger partial charge in [-0.05, 0) is 74.1 Å². The molecule has 0 unspecified atom stereocenters. The van der Waals surface area contributed by atoms with Crippen molar-refractivity contribution in [2.45, 2.75) is 25.9 Å². The molecule has 1 aliphatic heterocycles. The minimum Gasteiger partial charge on any atom is -0.506 e. The first-order chi connectivity index (χ1) is 18.2. The highest BCUT2D eigenvalue weighted by Crippen LogP contribution is 2.47. The Bertz CT molecular complexity index is 1560. The maximum Gasteiger partial charge on any atom is 0.271 e. The molecule has 9 nitrogen and oxygen atoms in total. The van der Waals surface area contributed by atoms with Gasteiger partial charge in [0.15, 0.2) is 5.11 Å². The van der Waals surface area contributed by atoms with Gasteiger partial charge in [0.1, 0.15) is 11.5 Å². The van der Waals surface area contributed by atoms with Crippen LogP contribution in [-0.2, 0) is 0 Å². The fraction of sp³-hybridized carbons (Fsp3) is 0.185. The minimum atomic E-state index is -0.432. The number of non-ortho nitro benzene ring substituents is 1. The Balaban J connectivity index is 1.73. The predicted octanol–water partition coefficient (Wildman–Crippen LogP) is 5.94. The van der Waals surface area contributed by atoms with Crippen LogP contribution in [0.25, 0.3) is 5.69 Å². The van der Waals surface area contributed by atoms with E-state index >= 15 is 0 Å². The number of benzene rings is 2. The van der Waals surface area contributed by atoms with Crippen molar-refractivity contribution < 1.29 is 14.8 Å². The van der Waals surface area contributed by atoms with Crippen LogP contribution in [0.3, 0.4) is 0 Å². The summed E-state index contributed by atoms with van der Waals surface area (Å²) in [5.74, 6) is 0.522. The van der Waals surface area contributed by atoms with Crippen molar-refractivity contribution in [3.8, 4) is 17.2 Å². The molecule has 38 heavy (non-hydrogen) atoms. The molecule has 0 radical (unpaired) electrons. The number of thiocarbonyl (C=S) groups is 1. The van der Waals surface area contributed by atoms with E-state index < -0.39 is 11.0 Å². The Kier molecular flexibility index (Phi) is 6.68. The predicted molar refractivity (Wildman–Crippen MR) is 149 cm³/mol. The third-order valence-electron chi connectivity index (χ3n) is 6.70. The van der Waals surface area contributed by atoms with Gasteiger partial charge in [0.05, 0.1) is 41.2 Å². The first kappa shape index (κ1) is 25.5. The van der Waals surface area contributed by atoms with E-state index in [4.69, 9.17) is 28.6 Å². The number of anilines is 1. The largest absolute Gasteiger partial charge is 0.506 e. The number of pyridine rings is 1. The number of phenolic OH excluding ortho intramolecular Hbond substituents is 1. The number of nitro benzene ring substituents is 1. The SMILES string of the molecule is COc1ccc([N+](=O)[O-])cc1-n1c(C)cc([C@@H]2[C@@H](c3ccccn3)NC(=S)N2c2cc(Cl)ccc2O)c1C. The smallest absolute Gasteiger partial charge is 0.271 e. The van der Waals surface area contributed by atoms with Gasteiger partial charge in [0.2, 0.25) is 0 Å².